The molecule has 0 saturated carbocycles. The van der Waals surface area contributed by atoms with Gasteiger partial charge in [-0.25, -0.2) is 0 Å². The summed E-state index contributed by atoms with van der Waals surface area (Å²) in [5.74, 6) is -0.0528. The molecule has 1 fully saturated rings. The van der Waals surface area contributed by atoms with E-state index in [-0.39, 0.29) is 11.9 Å². The molecular formula is C15H23N3O2. The van der Waals surface area contributed by atoms with Crippen LogP contribution in [0.15, 0.2) is 12.3 Å². The van der Waals surface area contributed by atoms with E-state index < -0.39 is 0 Å². The molecule has 0 atom stereocenters. The van der Waals surface area contributed by atoms with Gasteiger partial charge in [0.25, 0.3) is 5.91 Å². The normalized spacial score (nSPS) is 15.9. The van der Waals surface area contributed by atoms with Gasteiger partial charge in [-0.15, -0.1) is 0 Å². The van der Waals surface area contributed by atoms with Gasteiger partial charge in [0.05, 0.1) is 11.3 Å². The highest BCUT2D eigenvalue weighted by atomic mass is 16.5. The monoisotopic (exact) mass is 277 g/mol. The lowest BCUT2D eigenvalue weighted by molar-refractivity contribution is 0.0696. The van der Waals surface area contributed by atoms with Crippen molar-refractivity contribution in [3.05, 3.63) is 23.5 Å². The van der Waals surface area contributed by atoms with Crippen molar-refractivity contribution in [2.24, 2.45) is 0 Å². The van der Waals surface area contributed by atoms with Gasteiger partial charge in [0.1, 0.15) is 0 Å². The third-order valence-electron chi connectivity index (χ3n) is 3.41. The van der Waals surface area contributed by atoms with Crippen molar-refractivity contribution in [3.8, 4) is 0 Å². The lowest BCUT2D eigenvalue weighted by Crippen LogP contribution is -2.39. The van der Waals surface area contributed by atoms with Crippen molar-refractivity contribution < 1.29 is 9.53 Å². The fraction of sp³-hybridized carbons (Fsp3) is 0.600. The number of hydrogen-bond acceptors (Lipinski definition) is 4. The van der Waals surface area contributed by atoms with E-state index in [4.69, 9.17) is 4.74 Å². The number of carbonyl (C=O) groups is 1. The molecule has 1 aliphatic rings. The minimum absolute atomic E-state index is 0.0528. The number of ether oxygens (including phenoxy) is 1. The Balaban J connectivity index is 2.07. The number of aryl methyl sites for hydroxylation is 1. The molecule has 0 bridgehead atoms. The number of amides is 1. The second-order valence-electron chi connectivity index (χ2n) is 5.16. The van der Waals surface area contributed by atoms with Crippen LogP contribution in [0, 0.1) is 6.92 Å². The van der Waals surface area contributed by atoms with Gasteiger partial charge in [0, 0.05) is 37.7 Å². The molecule has 1 aromatic rings. The molecule has 2 heterocycles. The van der Waals surface area contributed by atoms with Crippen LogP contribution < -0.4 is 10.6 Å². The van der Waals surface area contributed by atoms with Crippen LogP contribution in [0.3, 0.4) is 0 Å². The van der Waals surface area contributed by atoms with Gasteiger partial charge in [0.15, 0.2) is 0 Å². The van der Waals surface area contributed by atoms with Crippen LogP contribution in [-0.2, 0) is 4.74 Å². The van der Waals surface area contributed by atoms with Crippen molar-refractivity contribution in [1.29, 1.82) is 0 Å². The summed E-state index contributed by atoms with van der Waals surface area (Å²) in [4.78, 5) is 16.6. The molecule has 0 radical (unpaired) electrons. The Morgan fingerprint density at radius 2 is 2.20 bits per heavy atom. The van der Waals surface area contributed by atoms with Crippen LogP contribution in [0.5, 0.6) is 0 Å². The Labute approximate surface area is 120 Å². The van der Waals surface area contributed by atoms with E-state index in [0.29, 0.717) is 5.56 Å². The summed E-state index contributed by atoms with van der Waals surface area (Å²) in [5, 5.41) is 6.37. The zero-order chi connectivity index (χ0) is 14.4. The summed E-state index contributed by atoms with van der Waals surface area (Å²) >= 11 is 0. The van der Waals surface area contributed by atoms with Gasteiger partial charge in [-0.1, -0.05) is 6.92 Å². The Hall–Kier alpha value is -1.62. The Morgan fingerprint density at radius 3 is 2.90 bits per heavy atom. The first kappa shape index (κ1) is 14.8. The predicted molar refractivity (Wildman–Crippen MR) is 79.1 cm³/mol. The lowest BCUT2D eigenvalue weighted by atomic mass is 10.1. The molecular weight excluding hydrogens is 254 g/mol. The Bertz CT molecular complexity index is 456. The molecule has 110 valence electrons. The topological polar surface area (TPSA) is 63.2 Å². The van der Waals surface area contributed by atoms with E-state index in [0.717, 1.165) is 50.4 Å². The first-order chi connectivity index (χ1) is 9.70. The first-order valence-electron chi connectivity index (χ1n) is 7.30. The van der Waals surface area contributed by atoms with Crippen LogP contribution >= 0.6 is 0 Å². The van der Waals surface area contributed by atoms with Crippen molar-refractivity contribution >= 4 is 11.6 Å². The van der Waals surface area contributed by atoms with Crippen LogP contribution in [0.25, 0.3) is 0 Å². The number of rotatable bonds is 5. The van der Waals surface area contributed by atoms with E-state index in [1.54, 1.807) is 6.20 Å². The number of hydrogen-bond donors (Lipinski definition) is 2. The number of anilines is 1. The highest BCUT2D eigenvalue weighted by Gasteiger charge is 2.19. The molecule has 1 aliphatic heterocycles. The van der Waals surface area contributed by atoms with Gasteiger partial charge in [-0.3, -0.25) is 9.78 Å². The third-order valence-corrected chi connectivity index (χ3v) is 3.41. The molecule has 20 heavy (non-hydrogen) atoms. The van der Waals surface area contributed by atoms with Gasteiger partial charge in [0.2, 0.25) is 0 Å². The van der Waals surface area contributed by atoms with E-state index in [1.807, 2.05) is 13.0 Å². The molecule has 0 aromatic carbocycles. The zero-order valence-corrected chi connectivity index (χ0v) is 12.2. The van der Waals surface area contributed by atoms with Crippen LogP contribution in [-0.4, -0.2) is 36.7 Å². The lowest BCUT2D eigenvalue weighted by Gasteiger charge is -2.23. The quantitative estimate of drug-likeness (QED) is 0.865. The molecule has 1 amide bonds. The molecule has 0 aliphatic carbocycles. The summed E-state index contributed by atoms with van der Waals surface area (Å²) < 4.78 is 5.30. The standard InChI is InChI=1S/C15H23N3O2/c1-3-6-16-14-9-11(2)17-10-13(14)15(19)18-12-4-7-20-8-5-12/h9-10,12H,3-8H2,1-2H3,(H,16,17)(H,18,19). The van der Waals surface area contributed by atoms with E-state index in [9.17, 15) is 4.79 Å². The molecule has 2 rings (SSSR count). The first-order valence-corrected chi connectivity index (χ1v) is 7.30. The molecule has 5 heteroatoms. The molecule has 5 nitrogen and oxygen atoms in total. The Morgan fingerprint density at radius 1 is 1.45 bits per heavy atom. The van der Waals surface area contributed by atoms with Crippen molar-refractivity contribution in [3.63, 3.8) is 0 Å². The molecule has 2 N–H and O–H groups in total. The van der Waals surface area contributed by atoms with Gasteiger partial charge in [-0.2, -0.15) is 0 Å². The number of nitrogens with zero attached hydrogens (tertiary/aromatic N) is 1. The largest absolute Gasteiger partial charge is 0.384 e. The van der Waals surface area contributed by atoms with E-state index in [2.05, 4.69) is 22.5 Å². The molecule has 1 saturated heterocycles. The maximum atomic E-state index is 12.4. The fourth-order valence-electron chi connectivity index (χ4n) is 2.25. The average molecular weight is 277 g/mol. The van der Waals surface area contributed by atoms with E-state index >= 15 is 0 Å². The highest BCUT2D eigenvalue weighted by molar-refractivity contribution is 5.99. The SMILES string of the molecule is CCCNc1cc(C)ncc1C(=O)NC1CCOCC1. The minimum atomic E-state index is -0.0528. The molecule has 0 unspecified atom stereocenters. The number of carbonyl (C=O) groups excluding carboxylic acids is 1. The summed E-state index contributed by atoms with van der Waals surface area (Å²) in [6, 6.07) is 2.13. The molecule has 1 aromatic heterocycles. The second kappa shape index (κ2) is 7.24. The summed E-state index contributed by atoms with van der Waals surface area (Å²) in [5.41, 5.74) is 2.39. The summed E-state index contributed by atoms with van der Waals surface area (Å²) in [6.45, 7) is 6.32. The number of pyridine rings is 1. The average Bonchev–Trinajstić information content (AvgIpc) is 2.46. The Kier molecular flexibility index (Phi) is 5.35. The highest BCUT2D eigenvalue weighted by Crippen LogP contribution is 2.17. The van der Waals surface area contributed by atoms with Crippen LogP contribution in [0.4, 0.5) is 5.69 Å². The van der Waals surface area contributed by atoms with Crippen molar-refractivity contribution in [2.45, 2.75) is 39.2 Å². The summed E-state index contributed by atoms with van der Waals surface area (Å²) in [6.07, 6.45) is 4.43. The minimum Gasteiger partial charge on any atom is -0.384 e. The van der Waals surface area contributed by atoms with Crippen molar-refractivity contribution in [2.75, 3.05) is 25.1 Å². The van der Waals surface area contributed by atoms with Crippen LogP contribution in [0.2, 0.25) is 0 Å². The second-order valence-corrected chi connectivity index (χ2v) is 5.16. The van der Waals surface area contributed by atoms with Gasteiger partial charge >= 0.3 is 0 Å². The van der Waals surface area contributed by atoms with Crippen molar-refractivity contribution in [1.82, 2.24) is 10.3 Å². The fourth-order valence-corrected chi connectivity index (χ4v) is 2.25. The van der Waals surface area contributed by atoms with Crippen LogP contribution in [0.1, 0.15) is 42.2 Å². The van der Waals surface area contributed by atoms with Gasteiger partial charge < -0.3 is 15.4 Å². The maximum Gasteiger partial charge on any atom is 0.255 e. The zero-order valence-electron chi connectivity index (χ0n) is 12.2. The third kappa shape index (κ3) is 3.93. The van der Waals surface area contributed by atoms with Gasteiger partial charge in [-0.05, 0) is 32.3 Å². The smallest absolute Gasteiger partial charge is 0.255 e. The predicted octanol–water partition coefficient (Wildman–Crippen LogP) is 2.12. The summed E-state index contributed by atoms with van der Waals surface area (Å²) in [7, 11) is 0. The van der Waals surface area contributed by atoms with E-state index in [1.165, 1.54) is 0 Å². The number of aromatic nitrogens is 1. The number of nitrogens with one attached hydrogen (secondary N) is 2. The maximum absolute atomic E-state index is 12.4. The molecule has 0 spiro atoms.